The lowest BCUT2D eigenvalue weighted by molar-refractivity contribution is 0.471. The molecule has 0 aliphatic carbocycles. The zero-order valence-corrected chi connectivity index (χ0v) is 12.3. The Morgan fingerprint density at radius 1 is 1.33 bits per heavy atom. The molecule has 18 heavy (non-hydrogen) atoms. The standard InChI is InChI=1S/C14H28N4/c1-5-8-9-12(6-2)10-16-14-13(15)11(4)17-18(14)7-3/h12,16H,5-10,15H2,1-4H3. The molecule has 4 nitrogen and oxygen atoms in total. The third-order valence-corrected chi connectivity index (χ3v) is 3.57. The molecular weight excluding hydrogens is 224 g/mol. The largest absolute Gasteiger partial charge is 0.394 e. The fourth-order valence-electron chi connectivity index (χ4n) is 2.19. The highest BCUT2D eigenvalue weighted by Crippen LogP contribution is 2.23. The summed E-state index contributed by atoms with van der Waals surface area (Å²) in [4.78, 5) is 0. The van der Waals surface area contributed by atoms with E-state index in [2.05, 4.69) is 31.2 Å². The van der Waals surface area contributed by atoms with E-state index in [0.29, 0.717) is 0 Å². The van der Waals surface area contributed by atoms with Gasteiger partial charge in [-0.2, -0.15) is 5.10 Å². The summed E-state index contributed by atoms with van der Waals surface area (Å²) in [5.74, 6) is 1.72. The summed E-state index contributed by atoms with van der Waals surface area (Å²) in [5, 5.41) is 7.91. The number of nitrogens with one attached hydrogen (secondary N) is 1. The number of nitrogens with zero attached hydrogens (tertiary/aromatic N) is 2. The van der Waals surface area contributed by atoms with Crippen LogP contribution in [0.3, 0.4) is 0 Å². The van der Waals surface area contributed by atoms with Gasteiger partial charge >= 0.3 is 0 Å². The minimum absolute atomic E-state index is 0.727. The summed E-state index contributed by atoms with van der Waals surface area (Å²) in [6.07, 6.45) is 5.08. The Morgan fingerprint density at radius 2 is 2.06 bits per heavy atom. The molecule has 0 aliphatic heterocycles. The molecule has 1 atom stereocenters. The number of hydrogen-bond donors (Lipinski definition) is 2. The van der Waals surface area contributed by atoms with Crippen molar-refractivity contribution in [2.45, 2.75) is 59.9 Å². The van der Waals surface area contributed by atoms with E-state index in [0.717, 1.165) is 36.2 Å². The second-order valence-corrected chi connectivity index (χ2v) is 4.96. The molecule has 1 aromatic heterocycles. The van der Waals surface area contributed by atoms with Crippen LogP contribution in [-0.2, 0) is 6.54 Å². The SMILES string of the molecule is CCCCC(CC)CNc1c(N)c(C)nn1CC. The molecule has 0 aliphatic rings. The first-order valence-electron chi connectivity index (χ1n) is 7.20. The monoisotopic (exact) mass is 252 g/mol. The van der Waals surface area contributed by atoms with Crippen LogP contribution in [0, 0.1) is 12.8 Å². The molecule has 4 heteroatoms. The van der Waals surface area contributed by atoms with Gasteiger partial charge in [0, 0.05) is 13.1 Å². The molecule has 0 spiro atoms. The second kappa shape index (κ2) is 7.29. The lowest BCUT2D eigenvalue weighted by atomic mass is 9.99. The Labute approximate surface area is 111 Å². The van der Waals surface area contributed by atoms with Crippen molar-refractivity contribution >= 4 is 11.5 Å². The Morgan fingerprint density at radius 3 is 2.61 bits per heavy atom. The van der Waals surface area contributed by atoms with Crippen molar-refractivity contribution in [1.82, 2.24) is 9.78 Å². The molecule has 1 unspecified atom stereocenters. The molecule has 0 saturated carbocycles. The Hall–Kier alpha value is -1.19. The van der Waals surface area contributed by atoms with Gasteiger partial charge < -0.3 is 11.1 Å². The highest BCUT2D eigenvalue weighted by molar-refractivity contribution is 5.64. The van der Waals surface area contributed by atoms with Crippen LogP contribution < -0.4 is 11.1 Å². The minimum Gasteiger partial charge on any atom is -0.394 e. The van der Waals surface area contributed by atoms with Gasteiger partial charge in [-0.15, -0.1) is 0 Å². The van der Waals surface area contributed by atoms with Crippen molar-refractivity contribution in [2.75, 3.05) is 17.6 Å². The molecular formula is C14H28N4. The zero-order valence-electron chi connectivity index (χ0n) is 12.3. The van der Waals surface area contributed by atoms with Gasteiger partial charge in [-0.05, 0) is 26.2 Å². The lowest BCUT2D eigenvalue weighted by Crippen LogP contribution is -2.17. The highest BCUT2D eigenvalue weighted by atomic mass is 15.3. The summed E-state index contributed by atoms with van der Waals surface area (Å²) >= 11 is 0. The maximum Gasteiger partial charge on any atom is 0.148 e. The number of nitrogen functional groups attached to an aromatic ring is 1. The number of rotatable bonds is 8. The molecule has 3 N–H and O–H groups in total. The van der Waals surface area contributed by atoms with Crippen LogP contribution in [0.2, 0.25) is 0 Å². The van der Waals surface area contributed by atoms with Gasteiger partial charge in [0.15, 0.2) is 0 Å². The third-order valence-electron chi connectivity index (χ3n) is 3.57. The molecule has 0 fully saturated rings. The van der Waals surface area contributed by atoms with Crippen molar-refractivity contribution in [3.8, 4) is 0 Å². The Balaban J connectivity index is 2.61. The minimum atomic E-state index is 0.727. The van der Waals surface area contributed by atoms with Gasteiger partial charge in [0.2, 0.25) is 0 Å². The molecule has 0 radical (unpaired) electrons. The third kappa shape index (κ3) is 3.65. The summed E-state index contributed by atoms with van der Waals surface area (Å²) in [5.41, 5.74) is 7.77. The first-order chi connectivity index (χ1) is 8.63. The molecule has 1 heterocycles. The topological polar surface area (TPSA) is 55.9 Å². The molecule has 0 aromatic carbocycles. The molecule has 0 saturated heterocycles. The van der Waals surface area contributed by atoms with E-state index >= 15 is 0 Å². The Kier molecular flexibility index (Phi) is 6.02. The van der Waals surface area contributed by atoms with Crippen LogP contribution in [0.25, 0.3) is 0 Å². The molecule has 1 rings (SSSR count). The van der Waals surface area contributed by atoms with E-state index in [1.54, 1.807) is 0 Å². The van der Waals surface area contributed by atoms with Crippen LogP contribution >= 0.6 is 0 Å². The quantitative estimate of drug-likeness (QED) is 0.745. The van der Waals surface area contributed by atoms with Crippen molar-refractivity contribution in [3.05, 3.63) is 5.69 Å². The van der Waals surface area contributed by atoms with E-state index in [9.17, 15) is 0 Å². The molecule has 0 bridgehead atoms. The normalized spacial score (nSPS) is 12.7. The maximum atomic E-state index is 6.06. The molecule has 104 valence electrons. The fraction of sp³-hybridized carbons (Fsp3) is 0.786. The van der Waals surface area contributed by atoms with Crippen LogP contribution in [-0.4, -0.2) is 16.3 Å². The predicted molar refractivity (Wildman–Crippen MR) is 78.8 cm³/mol. The number of aromatic nitrogens is 2. The van der Waals surface area contributed by atoms with Crippen LogP contribution in [0.15, 0.2) is 0 Å². The summed E-state index contributed by atoms with van der Waals surface area (Å²) in [6, 6.07) is 0. The van der Waals surface area contributed by atoms with E-state index in [1.165, 1.54) is 25.7 Å². The predicted octanol–water partition coefficient (Wildman–Crippen LogP) is 3.42. The van der Waals surface area contributed by atoms with Crippen LogP contribution in [0.5, 0.6) is 0 Å². The van der Waals surface area contributed by atoms with E-state index in [1.807, 2.05) is 11.6 Å². The first kappa shape index (κ1) is 14.9. The number of anilines is 2. The van der Waals surface area contributed by atoms with Gasteiger partial charge in [-0.1, -0.05) is 33.1 Å². The van der Waals surface area contributed by atoms with Gasteiger partial charge in [0.1, 0.15) is 5.82 Å². The highest BCUT2D eigenvalue weighted by Gasteiger charge is 2.13. The van der Waals surface area contributed by atoms with Crippen molar-refractivity contribution < 1.29 is 0 Å². The van der Waals surface area contributed by atoms with Crippen molar-refractivity contribution in [1.29, 1.82) is 0 Å². The number of nitrogens with two attached hydrogens (primary N) is 1. The van der Waals surface area contributed by atoms with Gasteiger partial charge in [-0.25, -0.2) is 4.68 Å². The van der Waals surface area contributed by atoms with Gasteiger partial charge in [0.05, 0.1) is 11.4 Å². The fourth-order valence-corrected chi connectivity index (χ4v) is 2.19. The van der Waals surface area contributed by atoms with Gasteiger partial charge in [0.25, 0.3) is 0 Å². The van der Waals surface area contributed by atoms with E-state index in [-0.39, 0.29) is 0 Å². The van der Waals surface area contributed by atoms with Crippen molar-refractivity contribution in [2.24, 2.45) is 5.92 Å². The zero-order chi connectivity index (χ0) is 13.5. The summed E-state index contributed by atoms with van der Waals surface area (Å²) in [7, 11) is 0. The van der Waals surface area contributed by atoms with E-state index in [4.69, 9.17) is 5.73 Å². The second-order valence-electron chi connectivity index (χ2n) is 4.96. The van der Waals surface area contributed by atoms with Gasteiger partial charge in [-0.3, -0.25) is 0 Å². The van der Waals surface area contributed by atoms with E-state index < -0.39 is 0 Å². The lowest BCUT2D eigenvalue weighted by Gasteiger charge is -2.17. The Bertz CT molecular complexity index is 357. The average Bonchev–Trinajstić information content (AvgIpc) is 2.66. The smallest absolute Gasteiger partial charge is 0.148 e. The molecule has 0 amide bonds. The van der Waals surface area contributed by atoms with Crippen molar-refractivity contribution in [3.63, 3.8) is 0 Å². The van der Waals surface area contributed by atoms with Crippen LogP contribution in [0.4, 0.5) is 11.5 Å². The number of unbranched alkanes of at least 4 members (excludes halogenated alkanes) is 1. The maximum absolute atomic E-state index is 6.06. The number of hydrogen-bond acceptors (Lipinski definition) is 3. The summed E-state index contributed by atoms with van der Waals surface area (Å²) in [6.45, 7) is 10.4. The average molecular weight is 252 g/mol. The van der Waals surface area contributed by atoms with Crippen LogP contribution in [0.1, 0.15) is 52.1 Å². The molecule has 1 aromatic rings. The number of aryl methyl sites for hydroxylation is 2. The first-order valence-corrected chi connectivity index (χ1v) is 7.20. The summed E-state index contributed by atoms with van der Waals surface area (Å²) < 4.78 is 1.96.